The van der Waals surface area contributed by atoms with E-state index < -0.39 is 0 Å². The van der Waals surface area contributed by atoms with E-state index in [1.165, 1.54) is 11.1 Å². The van der Waals surface area contributed by atoms with Gasteiger partial charge < -0.3 is 10.1 Å². The number of benzene rings is 2. The summed E-state index contributed by atoms with van der Waals surface area (Å²) in [6.45, 7) is 5.01. The van der Waals surface area contributed by atoms with E-state index in [0.29, 0.717) is 5.39 Å². The Morgan fingerprint density at radius 3 is 2.75 bits per heavy atom. The number of nitrogens with one attached hydrogen (secondary N) is 1. The van der Waals surface area contributed by atoms with E-state index >= 15 is 0 Å². The summed E-state index contributed by atoms with van der Waals surface area (Å²) in [4.78, 5) is 16.5. The van der Waals surface area contributed by atoms with Crippen molar-refractivity contribution in [3.8, 4) is 17.0 Å². The van der Waals surface area contributed by atoms with Gasteiger partial charge in [-0.2, -0.15) is 0 Å². The lowest BCUT2D eigenvalue weighted by Crippen LogP contribution is -2.30. The van der Waals surface area contributed by atoms with Crippen molar-refractivity contribution in [2.75, 3.05) is 13.1 Å². The maximum atomic E-state index is 11.2. The molecule has 1 aromatic heterocycles. The molecule has 0 fully saturated rings. The standard InChI is InChI=1S/C19H19N3O2/c1-2-22-9-8-13-16(11-22)14(12-6-4-3-5-7-12)10-15-17(13)20-19(23)18(15)21-24/h3-7,10,20,23H,2,8-9,11H2,1H3. The van der Waals surface area contributed by atoms with E-state index in [2.05, 4.69) is 34.1 Å². The number of likely N-dealkylation sites (N-methyl/N-ethyl adjacent to an activating group) is 1. The Kier molecular flexibility index (Phi) is 3.58. The Morgan fingerprint density at radius 2 is 2.04 bits per heavy atom. The zero-order valence-corrected chi connectivity index (χ0v) is 13.5. The predicted molar refractivity (Wildman–Crippen MR) is 95.5 cm³/mol. The quantitative estimate of drug-likeness (QED) is 0.706. The average molecular weight is 321 g/mol. The Hall–Kier alpha value is -2.66. The molecule has 0 bridgehead atoms. The molecule has 5 nitrogen and oxygen atoms in total. The highest BCUT2D eigenvalue weighted by Gasteiger charge is 2.25. The van der Waals surface area contributed by atoms with Gasteiger partial charge >= 0.3 is 0 Å². The minimum absolute atomic E-state index is 0.0999. The van der Waals surface area contributed by atoms with Gasteiger partial charge in [0.25, 0.3) is 0 Å². The van der Waals surface area contributed by atoms with E-state index in [-0.39, 0.29) is 11.6 Å². The van der Waals surface area contributed by atoms with Crippen LogP contribution >= 0.6 is 0 Å². The molecule has 5 heteroatoms. The normalized spacial score (nSPS) is 14.7. The minimum Gasteiger partial charge on any atom is -0.493 e. The number of hydrogen-bond acceptors (Lipinski definition) is 4. The van der Waals surface area contributed by atoms with Gasteiger partial charge in [0.05, 0.1) is 5.52 Å². The topological polar surface area (TPSA) is 68.7 Å². The fourth-order valence-electron chi connectivity index (χ4n) is 3.68. The van der Waals surface area contributed by atoms with Crippen LogP contribution in [0.4, 0.5) is 5.69 Å². The molecule has 4 rings (SSSR count). The minimum atomic E-state index is -0.148. The Morgan fingerprint density at radius 1 is 1.25 bits per heavy atom. The second kappa shape index (κ2) is 5.76. The van der Waals surface area contributed by atoms with Crippen LogP contribution in [0.25, 0.3) is 22.0 Å². The zero-order chi connectivity index (χ0) is 16.7. The lowest BCUT2D eigenvalue weighted by molar-refractivity contribution is 0.269. The largest absolute Gasteiger partial charge is 0.493 e. The summed E-state index contributed by atoms with van der Waals surface area (Å²) in [5, 5.41) is 13.8. The Bertz CT molecular complexity index is 916. The van der Waals surface area contributed by atoms with Crippen molar-refractivity contribution in [3.05, 3.63) is 52.4 Å². The molecule has 0 unspecified atom stereocenters. The highest BCUT2D eigenvalue weighted by Crippen LogP contribution is 2.42. The number of fused-ring (bicyclic) bond motifs is 3. The molecular weight excluding hydrogens is 302 g/mol. The highest BCUT2D eigenvalue weighted by atomic mass is 16.3. The molecule has 2 N–H and O–H groups in total. The average Bonchev–Trinajstić information content (AvgIpc) is 2.96. The first-order valence-electron chi connectivity index (χ1n) is 8.23. The van der Waals surface area contributed by atoms with E-state index in [4.69, 9.17) is 0 Å². The van der Waals surface area contributed by atoms with Gasteiger partial charge in [0.2, 0.25) is 5.88 Å². The maximum absolute atomic E-state index is 11.2. The molecule has 0 saturated carbocycles. The summed E-state index contributed by atoms with van der Waals surface area (Å²) in [5.41, 5.74) is 5.61. The van der Waals surface area contributed by atoms with E-state index in [0.717, 1.165) is 42.7 Å². The molecule has 0 aliphatic carbocycles. The number of aromatic nitrogens is 1. The number of rotatable bonds is 3. The summed E-state index contributed by atoms with van der Waals surface area (Å²) in [7, 11) is 0. The second-order valence-corrected chi connectivity index (χ2v) is 6.20. The van der Waals surface area contributed by atoms with E-state index in [1.807, 2.05) is 24.3 Å². The monoisotopic (exact) mass is 321 g/mol. The van der Waals surface area contributed by atoms with Crippen molar-refractivity contribution in [2.24, 2.45) is 5.18 Å². The van der Waals surface area contributed by atoms with Gasteiger partial charge in [0.1, 0.15) is 0 Å². The third-order valence-electron chi connectivity index (χ3n) is 4.96. The molecule has 2 heterocycles. The SMILES string of the molecule is CCN1CCc2c(c(-c3ccccc3)cc3c(N=O)c(O)[nH]c23)C1. The van der Waals surface area contributed by atoms with Crippen molar-refractivity contribution >= 4 is 16.6 Å². The van der Waals surface area contributed by atoms with Gasteiger partial charge in [0, 0.05) is 18.5 Å². The predicted octanol–water partition coefficient (Wildman–Crippen LogP) is 4.32. The number of hydrogen-bond donors (Lipinski definition) is 2. The smallest absolute Gasteiger partial charge is 0.219 e. The molecule has 0 atom stereocenters. The maximum Gasteiger partial charge on any atom is 0.219 e. The van der Waals surface area contributed by atoms with Crippen LogP contribution in [0.15, 0.2) is 41.6 Å². The number of H-pyrrole nitrogens is 1. The van der Waals surface area contributed by atoms with Crippen molar-refractivity contribution in [3.63, 3.8) is 0 Å². The first kappa shape index (κ1) is 14.9. The van der Waals surface area contributed by atoms with Gasteiger partial charge in [-0.05, 0) is 46.5 Å². The molecule has 0 radical (unpaired) electrons. The van der Waals surface area contributed by atoms with Gasteiger partial charge in [-0.3, -0.25) is 4.90 Å². The highest BCUT2D eigenvalue weighted by molar-refractivity contribution is 6.00. The summed E-state index contributed by atoms with van der Waals surface area (Å²) in [5.74, 6) is -0.148. The van der Waals surface area contributed by atoms with Crippen LogP contribution in [0.2, 0.25) is 0 Å². The van der Waals surface area contributed by atoms with Gasteiger partial charge in [0.15, 0.2) is 5.69 Å². The molecule has 0 saturated heterocycles. The van der Waals surface area contributed by atoms with Crippen molar-refractivity contribution < 1.29 is 5.11 Å². The lowest BCUT2D eigenvalue weighted by Gasteiger charge is -2.30. The molecular formula is C19H19N3O2. The van der Waals surface area contributed by atoms with Gasteiger partial charge in [-0.15, -0.1) is 4.91 Å². The molecule has 2 aromatic carbocycles. The number of nitroso groups, excluding NO2 is 1. The van der Waals surface area contributed by atoms with Crippen LogP contribution in [0, 0.1) is 4.91 Å². The third-order valence-corrected chi connectivity index (χ3v) is 4.96. The molecule has 1 aliphatic heterocycles. The van der Waals surface area contributed by atoms with Gasteiger partial charge in [-0.1, -0.05) is 37.3 Å². The van der Waals surface area contributed by atoms with Crippen LogP contribution in [-0.2, 0) is 13.0 Å². The lowest BCUT2D eigenvalue weighted by atomic mass is 9.89. The number of aromatic amines is 1. The molecule has 1 aliphatic rings. The fraction of sp³-hybridized carbons (Fsp3) is 0.263. The molecule has 3 aromatic rings. The summed E-state index contributed by atoms with van der Waals surface area (Å²) in [6, 6.07) is 12.2. The molecule has 0 spiro atoms. The van der Waals surface area contributed by atoms with Crippen molar-refractivity contribution in [1.29, 1.82) is 0 Å². The second-order valence-electron chi connectivity index (χ2n) is 6.20. The molecule has 0 amide bonds. The van der Waals surface area contributed by atoms with Crippen LogP contribution in [0.1, 0.15) is 18.1 Å². The zero-order valence-electron chi connectivity index (χ0n) is 13.5. The van der Waals surface area contributed by atoms with Crippen LogP contribution in [-0.4, -0.2) is 28.1 Å². The molecule has 122 valence electrons. The van der Waals surface area contributed by atoms with Crippen molar-refractivity contribution in [1.82, 2.24) is 9.88 Å². The Labute approximate surface area is 139 Å². The van der Waals surface area contributed by atoms with E-state index in [1.54, 1.807) is 0 Å². The summed E-state index contributed by atoms with van der Waals surface area (Å²) in [6.07, 6.45) is 0.887. The van der Waals surface area contributed by atoms with Crippen molar-refractivity contribution in [2.45, 2.75) is 19.9 Å². The summed E-state index contributed by atoms with van der Waals surface area (Å²) >= 11 is 0. The first-order valence-corrected chi connectivity index (χ1v) is 8.23. The first-order chi connectivity index (χ1) is 11.7. The number of aromatic hydroxyl groups is 1. The third kappa shape index (κ3) is 2.20. The van der Waals surface area contributed by atoms with E-state index in [9.17, 15) is 10.0 Å². The van der Waals surface area contributed by atoms with Gasteiger partial charge in [-0.25, -0.2) is 0 Å². The van der Waals surface area contributed by atoms with Crippen LogP contribution in [0.3, 0.4) is 0 Å². The summed E-state index contributed by atoms with van der Waals surface area (Å²) < 4.78 is 0. The Balaban J connectivity index is 2.04. The number of nitrogens with zero attached hydrogens (tertiary/aromatic N) is 2. The van der Waals surface area contributed by atoms with Crippen LogP contribution < -0.4 is 0 Å². The molecule has 24 heavy (non-hydrogen) atoms. The van der Waals surface area contributed by atoms with Crippen LogP contribution in [0.5, 0.6) is 5.88 Å². The fourth-order valence-corrected chi connectivity index (χ4v) is 3.68.